The zero-order chi connectivity index (χ0) is 31.3. The van der Waals surface area contributed by atoms with E-state index in [9.17, 15) is 0 Å². The minimum absolute atomic E-state index is 0.703. The van der Waals surface area contributed by atoms with Crippen molar-refractivity contribution >= 4 is 55.2 Å². The van der Waals surface area contributed by atoms with Gasteiger partial charge >= 0.3 is 0 Å². The van der Waals surface area contributed by atoms with Gasteiger partial charge in [-0.15, -0.1) is 0 Å². The summed E-state index contributed by atoms with van der Waals surface area (Å²) in [5.74, 6) is 0. The van der Waals surface area contributed by atoms with Crippen LogP contribution in [0.4, 0.5) is 0 Å². The van der Waals surface area contributed by atoms with Crippen LogP contribution in [-0.4, -0.2) is 19.9 Å². The highest BCUT2D eigenvalue weighted by molar-refractivity contribution is 6.30. The van der Waals surface area contributed by atoms with Crippen LogP contribution in [0.5, 0.6) is 0 Å². The molecule has 4 nitrogen and oxygen atoms in total. The first-order valence-corrected chi connectivity index (χ1v) is 15.9. The van der Waals surface area contributed by atoms with E-state index in [0.29, 0.717) is 5.02 Å². The molecule has 9 aromatic rings. The summed E-state index contributed by atoms with van der Waals surface area (Å²) < 4.78 is 0. The van der Waals surface area contributed by atoms with Gasteiger partial charge in [0.15, 0.2) is 0 Å². The minimum Gasteiger partial charge on any atom is -0.245 e. The van der Waals surface area contributed by atoms with Gasteiger partial charge in [-0.05, 0) is 42.5 Å². The third-order valence-electron chi connectivity index (χ3n) is 8.70. The van der Waals surface area contributed by atoms with Crippen molar-refractivity contribution in [3.63, 3.8) is 0 Å². The molecule has 0 bridgehead atoms. The van der Waals surface area contributed by atoms with E-state index in [1.807, 2.05) is 48.5 Å². The van der Waals surface area contributed by atoms with Crippen LogP contribution in [0, 0.1) is 0 Å². The zero-order valence-electron chi connectivity index (χ0n) is 25.1. The number of aromatic nitrogens is 4. The molecule has 5 heteroatoms. The first-order chi connectivity index (χ1) is 23.2. The lowest BCUT2D eigenvalue weighted by molar-refractivity contribution is 1.35. The zero-order valence-corrected chi connectivity index (χ0v) is 25.9. The van der Waals surface area contributed by atoms with Crippen LogP contribution in [0.25, 0.3) is 88.6 Å². The predicted octanol–water partition coefficient (Wildman–Crippen LogP) is 11.2. The Balaban J connectivity index is 1.14. The quantitative estimate of drug-likeness (QED) is 0.184. The molecule has 5 aromatic carbocycles. The van der Waals surface area contributed by atoms with Gasteiger partial charge in [-0.3, -0.25) is 0 Å². The Hall–Kier alpha value is -5.97. The van der Waals surface area contributed by atoms with Gasteiger partial charge in [-0.25, -0.2) is 19.9 Å². The molecule has 4 heterocycles. The Bertz CT molecular complexity index is 2630. The molecule has 0 unspecified atom stereocenters. The summed E-state index contributed by atoms with van der Waals surface area (Å²) in [6.45, 7) is 0. The molecule has 0 fully saturated rings. The molecule has 0 N–H and O–H groups in total. The molecule has 47 heavy (non-hydrogen) atoms. The number of fused-ring (bicyclic) bond motifs is 6. The molecule has 0 atom stereocenters. The van der Waals surface area contributed by atoms with Crippen LogP contribution in [0.2, 0.25) is 5.02 Å². The van der Waals surface area contributed by atoms with Crippen molar-refractivity contribution in [2.75, 3.05) is 0 Å². The molecule has 9 rings (SSSR count). The van der Waals surface area contributed by atoms with E-state index in [-0.39, 0.29) is 0 Å². The molecule has 0 radical (unpaired) electrons. The lowest BCUT2D eigenvalue weighted by Gasteiger charge is -2.10. The third kappa shape index (κ3) is 4.96. The van der Waals surface area contributed by atoms with Gasteiger partial charge < -0.3 is 0 Å². The van der Waals surface area contributed by atoms with Gasteiger partial charge in [0.25, 0.3) is 0 Å². The fourth-order valence-corrected chi connectivity index (χ4v) is 6.37. The summed E-state index contributed by atoms with van der Waals surface area (Å²) in [5.41, 5.74) is 11.3. The highest BCUT2D eigenvalue weighted by Gasteiger charge is 2.12. The predicted molar refractivity (Wildman–Crippen MR) is 194 cm³/mol. The topological polar surface area (TPSA) is 51.6 Å². The molecule has 0 aliphatic heterocycles. The van der Waals surface area contributed by atoms with Gasteiger partial charge in [-0.2, -0.15) is 0 Å². The Morgan fingerprint density at radius 1 is 0.298 bits per heavy atom. The van der Waals surface area contributed by atoms with Crippen LogP contribution < -0.4 is 0 Å². The summed E-state index contributed by atoms with van der Waals surface area (Å²) in [4.78, 5) is 20.5. The number of rotatable bonds is 4. The van der Waals surface area contributed by atoms with E-state index >= 15 is 0 Å². The van der Waals surface area contributed by atoms with Crippen LogP contribution in [-0.2, 0) is 0 Å². The Kier molecular flexibility index (Phi) is 6.47. The molecule has 4 aromatic heterocycles. The summed E-state index contributed by atoms with van der Waals surface area (Å²) in [6, 6.07) is 51.7. The van der Waals surface area contributed by atoms with Gasteiger partial charge in [-0.1, -0.05) is 121 Å². The number of benzene rings is 5. The molecular weight excluding hydrogens is 596 g/mol. The molecular formula is C42H25ClN4. The summed E-state index contributed by atoms with van der Waals surface area (Å²) in [7, 11) is 0. The number of pyridine rings is 4. The molecule has 0 aliphatic carbocycles. The maximum absolute atomic E-state index is 6.14. The Morgan fingerprint density at radius 3 is 1.06 bits per heavy atom. The summed E-state index contributed by atoms with van der Waals surface area (Å²) in [6.07, 6.45) is 0. The van der Waals surface area contributed by atoms with Crippen LogP contribution in [0.1, 0.15) is 0 Å². The van der Waals surface area contributed by atoms with E-state index in [1.165, 1.54) is 0 Å². The summed E-state index contributed by atoms with van der Waals surface area (Å²) >= 11 is 6.14. The number of halogens is 1. The van der Waals surface area contributed by atoms with Crippen molar-refractivity contribution in [3.05, 3.63) is 157 Å². The lowest BCUT2D eigenvalue weighted by Crippen LogP contribution is -1.92. The van der Waals surface area contributed by atoms with Gasteiger partial charge in [0.1, 0.15) is 0 Å². The molecule has 220 valence electrons. The first-order valence-electron chi connectivity index (χ1n) is 15.5. The fourth-order valence-electron chi connectivity index (χ4n) is 6.25. The van der Waals surface area contributed by atoms with Crippen LogP contribution >= 0.6 is 11.6 Å². The SMILES string of the molecule is Clc1ccc(-c2ccc3ccc4ccc(-c5cccc(-c6ccc7ccc8ccc(-c9ccccc9)nc8c7n6)c5)nc4c3n2)cc1. The fraction of sp³-hybridized carbons (Fsp3) is 0. The monoisotopic (exact) mass is 620 g/mol. The second-order valence-corrected chi connectivity index (χ2v) is 12.1. The highest BCUT2D eigenvalue weighted by atomic mass is 35.5. The highest BCUT2D eigenvalue weighted by Crippen LogP contribution is 2.32. The summed E-state index contributed by atoms with van der Waals surface area (Å²) in [5, 5.41) is 4.92. The number of nitrogens with zero attached hydrogens (tertiary/aromatic N) is 4. The average Bonchev–Trinajstić information content (AvgIpc) is 3.14. The third-order valence-corrected chi connectivity index (χ3v) is 8.95. The molecule has 0 aliphatic rings. The normalized spacial score (nSPS) is 11.5. The Morgan fingerprint density at radius 2 is 0.638 bits per heavy atom. The van der Waals surface area contributed by atoms with Crippen LogP contribution in [0.3, 0.4) is 0 Å². The smallest absolute Gasteiger partial charge is 0.0972 e. The van der Waals surface area contributed by atoms with E-state index in [4.69, 9.17) is 31.5 Å². The number of hydrogen-bond donors (Lipinski definition) is 0. The van der Waals surface area contributed by atoms with Crippen molar-refractivity contribution in [2.45, 2.75) is 0 Å². The van der Waals surface area contributed by atoms with Gasteiger partial charge in [0.05, 0.1) is 44.8 Å². The van der Waals surface area contributed by atoms with Crippen LogP contribution in [0.15, 0.2) is 152 Å². The molecule has 0 saturated heterocycles. The molecule has 0 amide bonds. The van der Waals surface area contributed by atoms with Gasteiger partial charge in [0.2, 0.25) is 0 Å². The first kappa shape index (κ1) is 27.3. The van der Waals surface area contributed by atoms with Crippen molar-refractivity contribution in [3.8, 4) is 45.0 Å². The van der Waals surface area contributed by atoms with E-state index in [2.05, 4.69) is 103 Å². The second kappa shape index (κ2) is 11.1. The van der Waals surface area contributed by atoms with E-state index < -0.39 is 0 Å². The van der Waals surface area contributed by atoms with E-state index in [0.717, 1.165) is 88.6 Å². The van der Waals surface area contributed by atoms with Crippen molar-refractivity contribution in [1.29, 1.82) is 0 Å². The standard InChI is InChI=1S/C42H25ClN4/c43-34-19-13-27(14-20-34)36-22-16-29-10-12-31-18-24-38(47-42(31)40(29)45-36)33-8-4-7-32(25-33)37-23-17-30-11-9-28-15-21-35(26-5-2-1-3-6-26)44-39(28)41(30)46-37/h1-25H. The average molecular weight is 621 g/mol. The second-order valence-electron chi connectivity index (χ2n) is 11.7. The maximum atomic E-state index is 6.14. The largest absolute Gasteiger partial charge is 0.245 e. The van der Waals surface area contributed by atoms with Crippen molar-refractivity contribution < 1.29 is 0 Å². The van der Waals surface area contributed by atoms with Crippen molar-refractivity contribution in [2.24, 2.45) is 0 Å². The Labute approximate surface area is 276 Å². The molecule has 0 saturated carbocycles. The number of hydrogen-bond acceptors (Lipinski definition) is 4. The minimum atomic E-state index is 0.703. The maximum Gasteiger partial charge on any atom is 0.0972 e. The molecule has 0 spiro atoms. The van der Waals surface area contributed by atoms with Gasteiger partial charge in [0, 0.05) is 48.8 Å². The van der Waals surface area contributed by atoms with E-state index in [1.54, 1.807) is 0 Å². The van der Waals surface area contributed by atoms with Crippen molar-refractivity contribution in [1.82, 2.24) is 19.9 Å². The lowest BCUT2D eigenvalue weighted by atomic mass is 10.0.